The van der Waals surface area contributed by atoms with E-state index in [4.69, 9.17) is 16.6 Å². The summed E-state index contributed by atoms with van der Waals surface area (Å²) < 4.78 is 26.7. The number of hydrogen-bond donors (Lipinski definition) is 3. The number of rotatable bonds is 7. The van der Waals surface area contributed by atoms with Crippen molar-refractivity contribution in [1.29, 1.82) is 0 Å². The first-order valence-electron chi connectivity index (χ1n) is 4.75. The van der Waals surface area contributed by atoms with Crippen LogP contribution in [0.3, 0.4) is 0 Å². The van der Waals surface area contributed by atoms with E-state index in [1.807, 2.05) is 0 Å². The molecule has 0 aliphatic carbocycles. The highest BCUT2D eigenvalue weighted by Crippen LogP contribution is 2.24. The molecule has 0 unspecified atom stereocenters. The number of nitrogens with two attached hydrogens (primary N) is 2. The lowest BCUT2D eigenvalue weighted by molar-refractivity contribution is -0.197. The first-order chi connectivity index (χ1) is 7.34. The van der Waals surface area contributed by atoms with E-state index < -0.39 is 18.2 Å². The minimum Gasteiger partial charge on any atom is -0.478 e. The number of guanidine groups is 1. The smallest absolute Gasteiger partial charge is 0.359 e. The monoisotopic (exact) mass is 238 g/mol. The highest BCUT2D eigenvalue weighted by Gasteiger charge is 2.44. The molecule has 94 valence electrons. The second-order valence-corrected chi connectivity index (χ2v) is 3.15. The molecule has 6 nitrogen and oxygen atoms in total. The van der Waals surface area contributed by atoms with Crippen molar-refractivity contribution in [2.75, 3.05) is 13.1 Å². The van der Waals surface area contributed by atoms with Crippen LogP contribution in [-0.4, -0.2) is 41.0 Å². The molecular formula is C8H16F2N4O2. The van der Waals surface area contributed by atoms with Gasteiger partial charge in [-0.15, -0.1) is 4.48 Å². The molecule has 0 amide bonds. The average Bonchev–Trinajstić information content (AvgIpc) is 2.22. The van der Waals surface area contributed by atoms with Gasteiger partial charge in [0.1, 0.15) is 0 Å². The molecule has 0 heterocycles. The molecule has 8 heteroatoms. The molecule has 0 aliphatic heterocycles. The van der Waals surface area contributed by atoms with Crippen LogP contribution >= 0.6 is 0 Å². The number of aliphatic carboxylic acids is 1. The molecule has 0 aliphatic rings. The van der Waals surface area contributed by atoms with Crippen molar-refractivity contribution in [1.82, 2.24) is 5.12 Å². The van der Waals surface area contributed by atoms with Gasteiger partial charge in [-0.25, -0.2) is 9.18 Å². The normalized spacial score (nSPS) is 14.5. The quantitative estimate of drug-likeness (QED) is 0.190. The first kappa shape index (κ1) is 14.6. The summed E-state index contributed by atoms with van der Waals surface area (Å²) in [5.41, 5.74) is 10.0. The fourth-order valence-electron chi connectivity index (χ4n) is 1.10. The minimum atomic E-state index is -3.02. The van der Waals surface area contributed by atoms with E-state index in [1.165, 1.54) is 6.92 Å². The summed E-state index contributed by atoms with van der Waals surface area (Å²) in [7, 11) is 0. The van der Waals surface area contributed by atoms with Crippen molar-refractivity contribution in [3.8, 4) is 0 Å². The molecule has 0 bridgehead atoms. The molecule has 0 aromatic carbocycles. The van der Waals surface area contributed by atoms with Gasteiger partial charge in [-0.3, -0.25) is 4.99 Å². The molecule has 0 rings (SSSR count). The molecule has 16 heavy (non-hydrogen) atoms. The Morgan fingerprint density at radius 2 is 2.12 bits per heavy atom. The van der Waals surface area contributed by atoms with Crippen LogP contribution in [0.1, 0.15) is 19.8 Å². The maximum atomic E-state index is 13.7. The molecule has 0 fully saturated rings. The lowest BCUT2D eigenvalue weighted by Crippen LogP contribution is -2.47. The van der Waals surface area contributed by atoms with E-state index in [2.05, 4.69) is 4.99 Å². The molecule has 0 spiro atoms. The zero-order valence-electron chi connectivity index (χ0n) is 8.99. The van der Waals surface area contributed by atoms with Crippen LogP contribution in [0.5, 0.6) is 0 Å². The Morgan fingerprint density at radius 1 is 1.56 bits per heavy atom. The van der Waals surface area contributed by atoms with E-state index in [0.29, 0.717) is 0 Å². The van der Waals surface area contributed by atoms with Gasteiger partial charge in [0.05, 0.1) is 0 Å². The molecule has 0 saturated carbocycles. The summed E-state index contributed by atoms with van der Waals surface area (Å²) in [6.07, 6.45) is -0.495. The van der Waals surface area contributed by atoms with Gasteiger partial charge in [0.25, 0.3) is 5.79 Å². The van der Waals surface area contributed by atoms with Crippen LogP contribution in [0.4, 0.5) is 8.87 Å². The van der Waals surface area contributed by atoms with E-state index in [1.54, 1.807) is 0 Å². The second-order valence-electron chi connectivity index (χ2n) is 3.15. The third-order valence-corrected chi connectivity index (χ3v) is 1.95. The second kappa shape index (κ2) is 6.21. The molecular weight excluding hydrogens is 222 g/mol. The zero-order valence-corrected chi connectivity index (χ0v) is 8.99. The van der Waals surface area contributed by atoms with Crippen LogP contribution in [-0.2, 0) is 4.79 Å². The van der Waals surface area contributed by atoms with Gasteiger partial charge >= 0.3 is 5.97 Å². The third kappa shape index (κ3) is 3.97. The van der Waals surface area contributed by atoms with Crippen molar-refractivity contribution < 1.29 is 18.8 Å². The minimum absolute atomic E-state index is 0.0289. The maximum Gasteiger partial charge on any atom is 0.359 e. The number of carboxylic acid groups (broad SMARTS) is 1. The van der Waals surface area contributed by atoms with E-state index in [-0.39, 0.29) is 30.6 Å². The highest BCUT2D eigenvalue weighted by molar-refractivity contribution is 5.76. The van der Waals surface area contributed by atoms with Gasteiger partial charge < -0.3 is 16.6 Å². The number of carboxylic acids is 1. The van der Waals surface area contributed by atoms with Crippen molar-refractivity contribution in [2.24, 2.45) is 16.5 Å². The van der Waals surface area contributed by atoms with Gasteiger partial charge in [-0.2, -0.15) is 0 Å². The lowest BCUT2D eigenvalue weighted by atomic mass is 10.1. The number of likely N-dealkylation sites (N-methyl/N-ethyl adjacent to an activating group) is 1. The van der Waals surface area contributed by atoms with Gasteiger partial charge in [-0.1, -0.05) is 5.12 Å². The van der Waals surface area contributed by atoms with Gasteiger partial charge in [0.2, 0.25) is 0 Å². The predicted octanol–water partition coefficient (Wildman–Crippen LogP) is -0.00320. The summed E-state index contributed by atoms with van der Waals surface area (Å²) in [5, 5.41) is 8.24. The number of aliphatic imine (C=N–C) groups is 1. The third-order valence-electron chi connectivity index (χ3n) is 1.95. The number of nitrogens with zero attached hydrogens (tertiary/aromatic N) is 2. The van der Waals surface area contributed by atoms with Crippen LogP contribution in [0.2, 0.25) is 0 Å². The number of hydrogen-bond acceptors (Lipinski definition) is 3. The Hall–Kier alpha value is -1.44. The standard InChI is InChI=1S/C8H16F2N4O2/c1-2-14(10)8(9,6(15)16)4-3-5-13-7(11)12/h2-5H2,1H3,(H,15,16)(H4,11,12,13)/t8-/m0/s1. The fourth-order valence-corrected chi connectivity index (χ4v) is 1.10. The molecule has 0 saturated heterocycles. The van der Waals surface area contributed by atoms with Crippen LogP contribution in [0.25, 0.3) is 0 Å². The van der Waals surface area contributed by atoms with Crippen molar-refractivity contribution >= 4 is 11.9 Å². The molecule has 0 aromatic rings. The Kier molecular flexibility index (Phi) is 5.65. The first-order valence-corrected chi connectivity index (χ1v) is 4.75. The largest absolute Gasteiger partial charge is 0.478 e. The van der Waals surface area contributed by atoms with Crippen molar-refractivity contribution in [2.45, 2.75) is 25.6 Å². The Morgan fingerprint density at radius 3 is 2.50 bits per heavy atom. The lowest BCUT2D eigenvalue weighted by Gasteiger charge is -2.25. The molecule has 0 aromatic heterocycles. The predicted molar refractivity (Wildman–Crippen MR) is 54.9 cm³/mol. The van der Waals surface area contributed by atoms with E-state index >= 15 is 0 Å². The summed E-state index contributed by atoms with van der Waals surface area (Å²) in [6.45, 7) is 1.01. The summed E-state index contributed by atoms with van der Waals surface area (Å²) in [6, 6.07) is 0. The molecule has 5 N–H and O–H groups in total. The summed E-state index contributed by atoms with van der Waals surface area (Å²) in [5.74, 6) is -5.05. The van der Waals surface area contributed by atoms with Crippen LogP contribution in [0.15, 0.2) is 4.99 Å². The van der Waals surface area contributed by atoms with Gasteiger partial charge in [0.15, 0.2) is 5.96 Å². The summed E-state index contributed by atoms with van der Waals surface area (Å²) >= 11 is 0. The van der Waals surface area contributed by atoms with Crippen molar-refractivity contribution in [3.63, 3.8) is 0 Å². The summed E-state index contributed by atoms with van der Waals surface area (Å²) in [4.78, 5) is 14.2. The topological polar surface area (TPSA) is 105 Å². The SMILES string of the molecule is CCN(F)[C@@](F)(CCCN=C(N)N)C(=O)O. The van der Waals surface area contributed by atoms with Crippen LogP contribution < -0.4 is 11.5 Å². The average molecular weight is 238 g/mol. The Balaban J connectivity index is 4.35. The van der Waals surface area contributed by atoms with Crippen LogP contribution in [0, 0.1) is 0 Å². The van der Waals surface area contributed by atoms with Crippen molar-refractivity contribution in [3.05, 3.63) is 0 Å². The fraction of sp³-hybridized carbons (Fsp3) is 0.750. The highest BCUT2D eigenvalue weighted by atomic mass is 19.2. The zero-order chi connectivity index (χ0) is 12.8. The number of halogens is 2. The molecule has 0 radical (unpaired) electrons. The van der Waals surface area contributed by atoms with E-state index in [0.717, 1.165) is 0 Å². The van der Waals surface area contributed by atoms with E-state index in [9.17, 15) is 13.7 Å². The van der Waals surface area contributed by atoms with Gasteiger partial charge in [-0.05, 0) is 13.3 Å². The number of alkyl halides is 1. The number of carbonyl (C=O) groups is 1. The maximum absolute atomic E-state index is 13.7. The van der Waals surface area contributed by atoms with Gasteiger partial charge in [0, 0.05) is 19.5 Å². The Labute approximate surface area is 91.9 Å². The Bertz CT molecular complexity index is 271. The molecule has 1 atom stereocenters.